The maximum Gasteiger partial charge on any atom is 0.344 e. The molecule has 0 spiro atoms. The Bertz CT molecular complexity index is 945. The summed E-state index contributed by atoms with van der Waals surface area (Å²) in [6, 6.07) is 15.2. The van der Waals surface area contributed by atoms with Gasteiger partial charge in [-0.1, -0.05) is 42.5 Å². The Morgan fingerprint density at radius 2 is 1.93 bits per heavy atom. The summed E-state index contributed by atoms with van der Waals surface area (Å²) in [6.07, 6.45) is 0. The van der Waals surface area contributed by atoms with Gasteiger partial charge in [0, 0.05) is 6.07 Å². The number of aryl methyl sites for hydroxylation is 1. The van der Waals surface area contributed by atoms with Crippen LogP contribution >= 0.6 is 0 Å². The van der Waals surface area contributed by atoms with Crippen LogP contribution in [0.2, 0.25) is 0 Å². The topological polar surface area (TPSA) is 90.7 Å². The maximum atomic E-state index is 12.1. The van der Waals surface area contributed by atoms with Crippen molar-refractivity contribution >= 4 is 22.6 Å². The highest BCUT2D eigenvalue weighted by molar-refractivity contribution is 5.87. The van der Waals surface area contributed by atoms with E-state index in [4.69, 9.17) is 14.0 Å². The van der Waals surface area contributed by atoms with Crippen LogP contribution in [0.15, 0.2) is 53.1 Å². The minimum absolute atomic E-state index is 0.193. The van der Waals surface area contributed by atoms with Crippen molar-refractivity contribution in [1.82, 2.24) is 10.5 Å². The molecular formula is C20H20N2O5. The predicted octanol–water partition coefficient (Wildman–Crippen LogP) is 2.94. The van der Waals surface area contributed by atoms with E-state index >= 15 is 0 Å². The molecule has 7 heteroatoms. The molecule has 1 N–H and O–H groups in total. The molecule has 1 heterocycles. The molecule has 0 aliphatic heterocycles. The van der Waals surface area contributed by atoms with Gasteiger partial charge in [-0.05, 0) is 35.3 Å². The first-order valence-electron chi connectivity index (χ1n) is 8.51. The predicted molar refractivity (Wildman–Crippen MR) is 98.2 cm³/mol. The molecule has 1 aromatic heterocycles. The van der Waals surface area contributed by atoms with E-state index in [-0.39, 0.29) is 31.0 Å². The molecule has 140 valence electrons. The number of rotatable bonds is 7. The van der Waals surface area contributed by atoms with Crippen LogP contribution in [0.3, 0.4) is 0 Å². The summed E-state index contributed by atoms with van der Waals surface area (Å²) < 4.78 is 14.9. The summed E-state index contributed by atoms with van der Waals surface area (Å²) in [4.78, 5) is 23.8. The van der Waals surface area contributed by atoms with Gasteiger partial charge in [0.05, 0.1) is 6.04 Å². The van der Waals surface area contributed by atoms with Crippen LogP contribution in [0.25, 0.3) is 10.8 Å². The third kappa shape index (κ3) is 4.84. The molecular weight excluding hydrogens is 348 g/mol. The van der Waals surface area contributed by atoms with Gasteiger partial charge in [-0.25, -0.2) is 4.79 Å². The number of amides is 1. The number of fused-ring (bicyclic) bond motifs is 1. The molecule has 0 unspecified atom stereocenters. The smallest absolute Gasteiger partial charge is 0.344 e. The lowest BCUT2D eigenvalue weighted by atomic mass is 10.00. The van der Waals surface area contributed by atoms with E-state index < -0.39 is 5.97 Å². The average molecular weight is 368 g/mol. The fourth-order valence-electron chi connectivity index (χ4n) is 2.72. The van der Waals surface area contributed by atoms with Gasteiger partial charge in [-0.15, -0.1) is 0 Å². The Kier molecular flexibility index (Phi) is 5.71. The number of hydrogen-bond acceptors (Lipinski definition) is 6. The first-order valence-corrected chi connectivity index (χ1v) is 8.51. The van der Waals surface area contributed by atoms with Gasteiger partial charge in [0.1, 0.15) is 5.76 Å². The van der Waals surface area contributed by atoms with E-state index in [0.29, 0.717) is 5.76 Å². The first kappa shape index (κ1) is 18.4. The minimum atomic E-state index is -0.663. The Hall–Kier alpha value is -3.35. The Balaban J connectivity index is 1.49. The van der Waals surface area contributed by atoms with Gasteiger partial charge in [0.15, 0.2) is 13.2 Å². The number of aromatic nitrogens is 1. The van der Waals surface area contributed by atoms with Crippen molar-refractivity contribution in [2.75, 3.05) is 13.2 Å². The normalized spacial score (nSPS) is 11.8. The summed E-state index contributed by atoms with van der Waals surface area (Å²) in [5, 5.41) is 8.60. The van der Waals surface area contributed by atoms with Gasteiger partial charge in [0.25, 0.3) is 11.8 Å². The van der Waals surface area contributed by atoms with Crippen molar-refractivity contribution in [3.63, 3.8) is 0 Å². The van der Waals surface area contributed by atoms with Gasteiger partial charge < -0.3 is 19.3 Å². The number of nitrogens with zero attached hydrogens (tertiary/aromatic N) is 1. The van der Waals surface area contributed by atoms with Crippen molar-refractivity contribution in [3.8, 4) is 5.88 Å². The van der Waals surface area contributed by atoms with E-state index in [1.54, 1.807) is 13.0 Å². The zero-order valence-electron chi connectivity index (χ0n) is 15.1. The quantitative estimate of drug-likeness (QED) is 0.645. The zero-order chi connectivity index (χ0) is 19.2. The molecule has 2 aromatic carbocycles. The summed E-state index contributed by atoms with van der Waals surface area (Å²) in [6.45, 7) is 2.87. The third-order valence-corrected chi connectivity index (χ3v) is 3.98. The number of ether oxygens (including phenoxy) is 2. The molecule has 0 aliphatic rings. The molecule has 0 fully saturated rings. The van der Waals surface area contributed by atoms with Crippen LogP contribution in [0, 0.1) is 6.92 Å². The van der Waals surface area contributed by atoms with Crippen LogP contribution in [-0.4, -0.2) is 30.2 Å². The highest BCUT2D eigenvalue weighted by Crippen LogP contribution is 2.23. The second-order valence-electron chi connectivity index (χ2n) is 6.08. The fourth-order valence-corrected chi connectivity index (χ4v) is 2.72. The Morgan fingerprint density at radius 3 is 2.70 bits per heavy atom. The van der Waals surface area contributed by atoms with E-state index in [0.717, 1.165) is 16.3 Å². The number of carbonyl (C=O) groups is 2. The van der Waals surface area contributed by atoms with Crippen molar-refractivity contribution in [2.45, 2.75) is 19.9 Å². The number of esters is 1. The molecule has 0 aliphatic carbocycles. The maximum absolute atomic E-state index is 12.1. The Labute approximate surface area is 156 Å². The fraction of sp³-hybridized carbons (Fsp3) is 0.250. The summed E-state index contributed by atoms with van der Waals surface area (Å²) in [5.74, 6) is -0.289. The summed E-state index contributed by atoms with van der Waals surface area (Å²) in [7, 11) is 0. The van der Waals surface area contributed by atoms with E-state index in [1.165, 1.54) is 0 Å². The molecule has 0 saturated heterocycles. The zero-order valence-corrected chi connectivity index (χ0v) is 15.1. The lowest BCUT2D eigenvalue weighted by Gasteiger charge is -2.16. The van der Waals surface area contributed by atoms with E-state index in [1.807, 2.05) is 49.4 Å². The number of carbonyl (C=O) groups excluding carboxylic acids is 2. The molecule has 3 rings (SSSR count). The average Bonchev–Trinajstić information content (AvgIpc) is 3.09. The highest BCUT2D eigenvalue weighted by atomic mass is 16.6. The summed E-state index contributed by atoms with van der Waals surface area (Å²) in [5.41, 5.74) is 0.998. The minimum Gasteiger partial charge on any atom is -0.463 e. The van der Waals surface area contributed by atoms with Crippen LogP contribution in [-0.2, 0) is 14.3 Å². The number of hydrogen-bond donors (Lipinski definition) is 1. The highest BCUT2D eigenvalue weighted by Gasteiger charge is 2.14. The second-order valence-corrected chi connectivity index (χ2v) is 6.08. The van der Waals surface area contributed by atoms with Gasteiger partial charge in [0.2, 0.25) is 0 Å². The summed E-state index contributed by atoms with van der Waals surface area (Å²) >= 11 is 0. The Morgan fingerprint density at radius 1 is 1.15 bits per heavy atom. The molecule has 0 radical (unpaired) electrons. The van der Waals surface area contributed by atoms with Crippen molar-refractivity contribution < 1.29 is 23.6 Å². The molecule has 0 bridgehead atoms. The molecule has 3 aromatic rings. The van der Waals surface area contributed by atoms with Crippen LogP contribution in [0.5, 0.6) is 5.88 Å². The number of benzene rings is 2. The molecule has 7 nitrogen and oxygen atoms in total. The lowest BCUT2D eigenvalue weighted by Crippen LogP contribution is -2.32. The van der Waals surface area contributed by atoms with Crippen LogP contribution in [0.4, 0.5) is 0 Å². The SMILES string of the molecule is Cc1cc(OCC(=O)OCC(=O)N[C@@H](C)c2cccc3ccccc23)no1. The van der Waals surface area contributed by atoms with Crippen molar-refractivity contribution in [2.24, 2.45) is 0 Å². The van der Waals surface area contributed by atoms with Gasteiger partial charge in [-0.2, -0.15) is 0 Å². The molecule has 0 saturated carbocycles. The standard InChI is InChI=1S/C20H20N2O5/c1-13-10-19(22-27-13)25-12-20(24)26-11-18(23)21-14(2)16-9-5-7-15-6-3-4-8-17(15)16/h3-10,14H,11-12H2,1-2H3,(H,21,23)/t14-/m0/s1. The second kappa shape index (κ2) is 8.35. The van der Waals surface area contributed by atoms with Crippen molar-refractivity contribution in [3.05, 3.63) is 59.9 Å². The van der Waals surface area contributed by atoms with Gasteiger partial charge in [-0.3, -0.25) is 4.79 Å². The van der Waals surface area contributed by atoms with E-state index in [2.05, 4.69) is 10.5 Å². The van der Waals surface area contributed by atoms with E-state index in [9.17, 15) is 9.59 Å². The van der Waals surface area contributed by atoms with Crippen LogP contribution < -0.4 is 10.1 Å². The third-order valence-electron chi connectivity index (χ3n) is 3.98. The monoisotopic (exact) mass is 368 g/mol. The van der Waals surface area contributed by atoms with Gasteiger partial charge >= 0.3 is 5.97 Å². The van der Waals surface area contributed by atoms with Crippen molar-refractivity contribution in [1.29, 1.82) is 0 Å². The molecule has 1 amide bonds. The number of nitrogens with one attached hydrogen (secondary N) is 1. The molecule has 1 atom stereocenters. The molecule has 27 heavy (non-hydrogen) atoms. The lowest BCUT2D eigenvalue weighted by molar-refractivity contribution is -0.150. The largest absolute Gasteiger partial charge is 0.463 e. The van der Waals surface area contributed by atoms with Crippen LogP contribution in [0.1, 0.15) is 24.3 Å². The first-order chi connectivity index (χ1) is 13.0.